The van der Waals surface area contributed by atoms with Gasteiger partial charge in [0.2, 0.25) is 5.78 Å². The van der Waals surface area contributed by atoms with Crippen molar-refractivity contribution in [2.45, 2.75) is 0 Å². The highest BCUT2D eigenvalue weighted by Crippen LogP contribution is 2.22. The second kappa shape index (κ2) is 11.0. The first-order chi connectivity index (χ1) is 16.1. The largest absolute Gasteiger partial charge is 0.515 e. The summed E-state index contributed by atoms with van der Waals surface area (Å²) < 4.78 is 115. The molecule has 188 valence electrons. The normalized spacial score (nSPS) is 11.5. The Morgan fingerprint density at radius 3 is 1.60 bits per heavy atom. The van der Waals surface area contributed by atoms with Crippen LogP contribution in [-0.2, 0) is 14.1 Å². The molecule has 13 heteroatoms. The van der Waals surface area contributed by atoms with Crippen LogP contribution in [0.25, 0.3) is 0 Å². The highest BCUT2D eigenvalue weighted by atomic mass is 32.2. The summed E-state index contributed by atoms with van der Waals surface area (Å²) in [6.45, 7) is -6.30. The van der Waals surface area contributed by atoms with Crippen molar-refractivity contribution < 1.29 is 48.6 Å². The summed E-state index contributed by atoms with van der Waals surface area (Å²) in [4.78, 5) is 11.9. The Morgan fingerprint density at radius 1 is 0.743 bits per heavy atom. The number of para-hydroxylation sites is 1. The van der Waals surface area contributed by atoms with Crippen molar-refractivity contribution in [1.82, 2.24) is 0 Å². The van der Waals surface area contributed by atoms with Gasteiger partial charge in [-0.25, -0.2) is 22.0 Å². The van der Waals surface area contributed by atoms with E-state index in [1.807, 2.05) is 30.3 Å². The predicted molar refractivity (Wildman–Crippen MR) is 117 cm³/mol. The maximum absolute atomic E-state index is 12.5. The summed E-state index contributed by atoms with van der Waals surface area (Å²) in [5.74, 6) is -12.2. The zero-order valence-corrected chi connectivity index (χ0v) is 19.0. The average molecular weight is 524 g/mol. The summed E-state index contributed by atoms with van der Waals surface area (Å²) in [7, 11) is -2.06. The van der Waals surface area contributed by atoms with Crippen molar-refractivity contribution in [3.63, 3.8) is 0 Å². The van der Waals surface area contributed by atoms with Crippen LogP contribution >= 0.6 is 0 Å². The Bertz CT molecular complexity index is 1210. The van der Waals surface area contributed by atoms with Gasteiger partial charge in [-0.1, -0.05) is 18.2 Å². The first-order valence-corrected chi connectivity index (χ1v) is 12.2. The second-order valence-corrected chi connectivity index (χ2v) is 10.7. The number of carbonyl (C=O) groups is 1. The minimum atomic E-state index is -6.30. The Morgan fingerprint density at radius 2 is 1.17 bits per heavy atom. The maximum atomic E-state index is 12.5. The molecule has 0 N–H and O–H groups in total. The van der Waals surface area contributed by atoms with E-state index in [2.05, 4.69) is 0 Å². The molecular formula is C22H17BF8O3S. The fourth-order valence-electron chi connectivity index (χ4n) is 2.64. The van der Waals surface area contributed by atoms with Crippen molar-refractivity contribution in [2.24, 2.45) is 0 Å². The zero-order valence-electron chi connectivity index (χ0n) is 18.1. The second-order valence-electron chi connectivity index (χ2n) is 7.50. The molecule has 0 bridgehead atoms. The number of carbonyl (C=O) groups excluding carboxylic acids is 1. The van der Waals surface area contributed by atoms with Gasteiger partial charge in [0.1, 0.15) is 35.6 Å². The lowest BCUT2D eigenvalue weighted by Gasteiger charge is -2.17. The van der Waals surface area contributed by atoms with Crippen molar-refractivity contribution >= 4 is 28.2 Å². The van der Waals surface area contributed by atoms with Gasteiger partial charge in [-0.2, -0.15) is 0 Å². The van der Waals surface area contributed by atoms with E-state index < -0.39 is 51.5 Å². The number of Topliss-reactive ketones (excluding diaryl/α,β-unsaturated/α-hetero) is 1. The molecule has 35 heavy (non-hydrogen) atoms. The molecule has 0 aliphatic rings. The van der Waals surface area contributed by atoms with Gasteiger partial charge >= 0.3 is 6.98 Å². The molecule has 0 saturated heterocycles. The first kappa shape index (κ1) is 28.0. The van der Waals surface area contributed by atoms with Crippen LogP contribution in [0.4, 0.5) is 34.9 Å². The third-order valence-electron chi connectivity index (χ3n) is 4.20. The van der Waals surface area contributed by atoms with Crippen LogP contribution in [0, 0.1) is 29.1 Å². The minimum Gasteiger partial charge on any atom is -0.457 e. The van der Waals surface area contributed by atoms with Gasteiger partial charge in [-0.3, -0.25) is 4.79 Å². The molecule has 0 spiro atoms. The average Bonchev–Trinajstić information content (AvgIpc) is 2.76. The number of ether oxygens (including phenoxy) is 1. The molecule has 0 aromatic heterocycles. The Balaban J connectivity index is 0.000000258. The Kier molecular flexibility index (Phi) is 8.82. The summed E-state index contributed by atoms with van der Waals surface area (Å²) in [5.41, 5.74) is -2.17. The van der Waals surface area contributed by atoms with Crippen molar-refractivity contribution in [3.8, 4) is 11.5 Å². The van der Waals surface area contributed by atoms with Crippen LogP contribution in [0.2, 0.25) is 0 Å². The third kappa shape index (κ3) is 7.64. The fraction of sp³-hybridized carbons (Fsp3) is 0.136. The van der Waals surface area contributed by atoms with Gasteiger partial charge in [-0.15, -0.1) is 4.21 Å². The number of ketones is 1. The molecule has 0 saturated carbocycles. The van der Waals surface area contributed by atoms with Crippen LogP contribution in [0.5, 0.6) is 11.5 Å². The predicted octanol–water partition coefficient (Wildman–Crippen LogP) is 5.86. The number of hydrogen-bond acceptors (Lipinski definition) is 3. The van der Waals surface area contributed by atoms with E-state index in [-0.39, 0.29) is 11.5 Å². The van der Waals surface area contributed by atoms with E-state index in [1.165, 1.54) is 0 Å². The number of hydrogen-bond donors (Lipinski definition) is 0. The smallest absolute Gasteiger partial charge is 0.457 e. The molecule has 0 unspecified atom stereocenters. The van der Waals surface area contributed by atoms with E-state index >= 15 is 0 Å². The van der Waals surface area contributed by atoms with E-state index in [1.54, 1.807) is 36.8 Å². The van der Waals surface area contributed by atoms with Gasteiger partial charge in [0.25, 0.3) is 0 Å². The standard InChI is InChI=1S/C16H17O3S.C6BF8/c1-20(2,18)12-16(17)13-8-10-15(11-9-13)19-14-6-4-3-5-7-14;8-2-1(7(13,14)15)3(9)5(11)6(12)4(2)10/h3-11H,12H2,1-2H3;/q+1;-1. The van der Waals surface area contributed by atoms with Crippen LogP contribution in [0.3, 0.4) is 0 Å². The lowest BCUT2D eigenvalue weighted by atomic mass is 9.79. The first-order valence-electron chi connectivity index (χ1n) is 9.61. The SMILES string of the molecule is C[S+](C)(=O)CC(=O)c1ccc(Oc2ccccc2)cc1.Fc1c(F)c(F)c([B-](F)(F)F)c(F)c1F. The van der Waals surface area contributed by atoms with Crippen LogP contribution in [0.15, 0.2) is 54.6 Å². The Labute approximate surface area is 196 Å². The highest BCUT2D eigenvalue weighted by molar-refractivity contribution is 8.02. The van der Waals surface area contributed by atoms with Crippen molar-refractivity contribution in [3.05, 3.63) is 89.2 Å². The third-order valence-corrected chi connectivity index (χ3v) is 5.16. The molecule has 3 aromatic carbocycles. The monoisotopic (exact) mass is 524 g/mol. The molecule has 0 aliphatic carbocycles. The molecule has 0 atom stereocenters. The molecule has 0 aliphatic heterocycles. The van der Waals surface area contributed by atoms with Crippen LogP contribution in [0.1, 0.15) is 10.4 Å². The van der Waals surface area contributed by atoms with Gasteiger partial charge in [0.05, 0.1) is 9.93 Å². The number of rotatable bonds is 6. The fourth-order valence-corrected chi connectivity index (χ4v) is 3.44. The lowest BCUT2D eigenvalue weighted by Crippen LogP contribution is -2.41. The lowest BCUT2D eigenvalue weighted by molar-refractivity contribution is 0.102. The van der Waals surface area contributed by atoms with Crippen LogP contribution < -0.4 is 10.2 Å². The molecule has 3 rings (SSSR count). The minimum absolute atomic E-state index is 0.0753. The van der Waals surface area contributed by atoms with Crippen molar-refractivity contribution in [2.75, 3.05) is 18.3 Å². The molecule has 0 fully saturated rings. The summed E-state index contributed by atoms with van der Waals surface area (Å²) in [6.07, 6.45) is 3.19. The molecule has 3 nitrogen and oxygen atoms in total. The number of benzene rings is 3. The van der Waals surface area contributed by atoms with E-state index in [4.69, 9.17) is 4.74 Å². The highest BCUT2D eigenvalue weighted by Gasteiger charge is 2.37. The van der Waals surface area contributed by atoms with Crippen LogP contribution in [-0.4, -0.2) is 31.0 Å². The quantitative estimate of drug-likeness (QED) is 0.101. The van der Waals surface area contributed by atoms with Gasteiger partial charge < -0.3 is 17.7 Å². The zero-order chi connectivity index (χ0) is 26.6. The summed E-state index contributed by atoms with van der Waals surface area (Å²) >= 11 is 0. The Hall–Kier alpha value is -3.22. The maximum Gasteiger partial charge on any atom is 0.515 e. The van der Waals surface area contributed by atoms with E-state index in [9.17, 15) is 43.9 Å². The van der Waals surface area contributed by atoms with Gasteiger partial charge in [0, 0.05) is 5.56 Å². The summed E-state index contributed by atoms with van der Waals surface area (Å²) in [6, 6.07) is 16.3. The van der Waals surface area contributed by atoms with Crippen molar-refractivity contribution in [1.29, 1.82) is 0 Å². The van der Waals surface area contributed by atoms with E-state index in [0.717, 1.165) is 5.75 Å². The van der Waals surface area contributed by atoms with Gasteiger partial charge in [0.15, 0.2) is 23.2 Å². The van der Waals surface area contributed by atoms with Gasteiger partial charge in [-0.05, 0) is 41.9 Å². The molecular weight excluding hydrogens is 507 g/mol. The number of halogens is 8. The summed E-state index contributed by atoms with van der Waals surface area (Å²) in [5, 5.41) is 0. The molecule has 0 radical (unpaired) electrons. The topological polar surface area (TPSA) is 43.4 Å². The molecule has 0 amide bonds. The van der Waals surface area contributed by atoms with E-state index in [0.29, 0.717) is 11.3 Å². The molecule has 0 heterocycles. The molecule has 3 aromatic rings.